The van der Waals surface area contributed by atoms with Gasteiger partial charge in [-0.25, -0.2) is 0 Å². The largest absolute Gasteiger partial charge is 0.493 e. The van der Waals surface area contributed by atoms with Gasteiger partial charge in [-0.1, -0.05) is 0 Å². The minimum atomic E-state index is -0.358. The molecule has 1 aromatic rings. The van der Waals surface area contributed by atoms with E-state index in [9.17, 15) is 4.79 Å². The number of aliphatic hydroxyl groups excluding tert-OH is 1. The van der Waals surface area contributed by atoms with E-state index in [1.54, 1.807) is 12.1 Å². The normalized spacial score (nSPS) is 13.9. The maximum Gasteiger partial charge on any atom is 0.308 e. The van der Waals surface area contributed by atoms with E-state index < -0.39 is 0 Å². The third-order valence-corrected chi connectivity index (χ3v) is 2.49. The smallest absolute Gasteiger partial charge is 0.308 e. The van der Waals surface area contributed by atoms with E-state index in [0.29, 0.717) is 23.7 Å². The van der Waals surface area contributed by atoms with Gasteiger partial charge >= 0.3 is 5.97 Å². The SMILES string of the molecule is CC(=O)Oc1cc(CO)cc2c1CCCO2. The molecular weight excluding hydrogens is 208 g/mol. The van der Waals surface area contributed by atoms with E-state index in [-0.39, 0.29) is 12.6 Å². The molecule has 4 heteroatoms. The number of hydrogen-bond donors (Lipinski definition) is 1. The molecule has 0 radical (unpaired) electrons. The molecule has 0 fully saturated rings. The number of hydrogen-bond acceptors (Lipinski definition) is 4. The number of aliphatic hydroxyl groups is 1. The fourth-order valence-electron chi connectivity index (χ4n) is 1.82. The lowest BCUT2D eigenvalue weighted by Crippen LogP contribution is -2.12. The van der Waals surface area contributed by atoms with Crippen LogP contribution in [0.2, 0.25) is 0 Å². The summed E-state index contributed by atoms with van der Waals surface area (Å²) in [4.78, 5) is 11.0. The highest BCUT2D eigenvalue weighted by Crippen LogP contribution is 2.34. The van der Waals surface area contributed by atoms with E-state index >= 15 is 0 Å². The molecule has 1 aliphatic heterocycles. The molecule has 1 heterocycles. The second-order valence-corrected chi connectivity index (χ2v) is 3.77. The van der Waals surface area contributed by atoms with Gasteiger partial charge in [0.2, 0.25) is 0 Å². The summed E-state index contributed by atoms with van der Waals surface area (Å²) in [7, 11) is 0. The molecule has 0 unspecified atom stereocenters. The van der Waals surface area contributed by atoms with Crippen molar-refractivity contribution in [2.75, 3.05) is 6.61 Å². The van der Waals surface area contributed by atoms with Gasteiger partial charge in [-0.15, -0.1) is 0 Å². The Hall–Kier alpha value is -1.55. The Morgan fingerprint density at radius 2 is 2.38 bits per heavy atom. The predicted molar refractivity (Wildman–Crippen MR) is 57.5 cm³/mol. The zero-order valence-electron chi connectivity index (χ0n) is 9.16. The van der Waals surface area contributed by atoms with Gasteiger partial charge in [0, 0.05) is 12.5 Å². The topological polar surface area (TPSA) is 55.8 Å². The van der Waals surface area contributed by atoms with Crippen LogP contribution < -0.4 is 9.47 Å². The van der Waals surface area contributed by atoms with Crippen LogP contribution in [-0.2, 0) is 17.8 Å². The first-order valence-corrected chi connectivity index (χ1v) is 5.28. The van der Waals surface area contributed by atoms with Crippen LogP contribution >= 0.6 is 0 Å². The van der Waals surface area contributed by atoms with Gasteiger partial charge in [0.15, 0.2) is 0 Å². The van der Waals surface area contributed by atoms with E-state index in [2.05, 4.69) is 0 Å². The minimum Gasteiger partial charge on any atom is -0.493 e. The number of carbonyl (C=O) groups is 1. The van der Waals surface area contributed by atoms with Crippen LogP contribution in [-0.4, -0.2) is 17.7 Å². The lowest BCUT2D eigenvalue weighted by atomic mass is 10.0. The van der Waals surface area contributed by atoms with Crippen LogP contribution in [0.25, 0.3) is 0 Å². The number of ether oxygens (including phenoxy) is 2. The fourth-order valence-corrected chi connectivity index (χ4v) is 1.82. The quantitative estimate of drug-likeness (QED) is 0.607. The molecule has 0 saturated carbocycles. The average molecular weight is 222 g/mol. The molecule has 0 amide bonds. The first-order valence-electron chi connectivity index (χ1n) is 5.28. The van der Waals surface area contributed by atoms with Crippen molar-refractivity contribution in [1.29, 1.82) is 0 Å². The van der Waals surface area contributed by atoms with Crippen LogP contribution in [0.1, 0.15) is 24.5 Å². The van der Waals surface area contributed by atoms with Crippen molar-refractivity contribution in [3.05, 3.63) is 23.3 Å². The Kier molecular flexibility index (Phi) is 3.10. The first kappa shape index (κ1) is 11.0. The van der Waals surface area contributed by atoms with Crippen molar-refractivity contribution in [2.45, 2.75) is 26.4 Å². The molecule has 2 rings (SSSR count). The lowest BCUT2D eigenvalue weighted by molar-refractivity contribution is -0.131. The van der Waals surface area contributed by atoms with Gasteiger partial charge in [-0.3, -0.25) is 4.79 Å². The summed E-state index contributed by atoms with van der Waals surface area (Å²) in [5.74, 6) is 0.866. The molecule has 0 aromatic heterocycles. The summed E-state index contributed by atoms with van der Waals surface area (Å²) in [5, 5.41) is 9.10. The molecule has 1 aromatic carbocycles. The molecule has 0 aliphatic carbocycles. The highest BCUT2D eigenvalue weighted by Gasteiger charge is 2.17. The monoisotopic (exact) mass is 222 g/mol. The molecule has 4 nitrogen and oxygen atoms in total. The zero-order valence-corrected chi connectivity index (χ0v) is 9.16. The molecule has 1 N–H and O–H groups in total. The van der Waals surface area contributed by atoms with Gasteiger partial charge in [-0.05, 0) is 30.5 Å². The second kappa shape index (κ2) is 4.53. The average Bonchev–Trinajstić information content (AvgIpc) is 2.28. The first-order chi connectivity index (χ1) is 7.70. The van der Waals surface area contributed by atoms with Crippen molar-refractivity contribution in [1.82, 2.24) is 0 Å². The van der Waals surface area contributed by atoms with E-state index in [1.807, 2.05) is 0 Å². The van der Waals surface area contributed by atoms with Crippen LogP contribution in [0, 0.1) is 0 Å². The molecule has 0 bridgehead atoms. The summed E-state index contributed by atoms with van der Waals surface area (Å²) < 4.78 is 10.6. The van der Waals surface area contributed by atoms with Crippen molar-refractivity contribution >= 4 is 5.97 Å². The van der Waals surface area contributed by atoms with Gasteiger partial charge in [-0.2, -0.15) is 0 Å². The summed E-state index contributed by atoms with van der Waals surface area (Å²) in [6.45, 7) is 1.94. The Morgan fingerprint density at radius 3 is 3.06 bits per heavy atom. The number of fused-ring (bicyclic) bond motifs is 1. The van der Waals surface area contributed by atoms with Gasteiger partial charge in [0.1, 0.15) is 11.5 Å². The molecule has 0 saturated heterocycles. The maximum absolute atomic E-state index is 11.0. The predicted octanol–water partition coefficient (Wildman–Crippen LogP) is 1.43. The van der Waals surface area contributed by atoms with Crippen molar-refractivity contribution < 1.29 is 19.4 Å². The zero-order chi connectivity index (χ0) is 11.5. The minimum absolute atomic E-state index is 0.0924. The van der Waals surface area contributed by atoms with E-state index in [0.717, 1.165) is 18.4 Å². The Morgan fingerprint density at radius 1 is 1.56 bits per heavy atom. The summed E-state index contributed by atoms with van der Waals surface area (Å²) in [6, 6.07) is 3.48. The van der Waals surface area contributed by atoms with Gasteiger partial charge in [0.25, 0.3) is 0 Å². The summed E-state index contributed by atoms with van der Waals surface area (Å²) >= 11 is 0. The maximum atomic E-state index is 11.0. The highest BCUT2D eigenvalue weighted by atomic mass is 16.5. The third-order valence-electron chi connectivity index (χ3n) is 2.49. The standard InChI is InChI=1S/C12H14O4/c1-8(14)16-12-6-9(7-13)5-11-10(12)3-2-4-15-11/h5-6,13H,2-4,7H2,1H3. The van der Waals surface area contributed by atoms with Crippen molar-refractivity contribution in [3.8, 4) is 11.5 Å². The molecule has 1 aliphatic rings. The number of carbonyl (C=O) groups excluding carboxylic acids is 1. The summed E-state index contributed by atoms with van der Waals surface area (Å²) in [5.41, 5.74) is 1.61. The number of rotatable bonds is 2. The van der Waals surface area contributed by atoms with Gasteiger partial charge < -0.3 is 14.6 Å². The van der Waals surface area contributed by atoms with Gasteiger partial charge in [0.05, 0.1) is 13.2 Å². The van der Waals surface area contributed by atoms with Crippen molar-refractivity contribution in [3.63, 3.8) is 0 Å². The van der Waals surface area contributed by atoms with E-state index in [1.165, 1.54) is 6.92 Å². The molecular formula is C12H14O4. The second-order valence-electron chi connectivity index (χ2n) is 3.77. The fraction of sp³-hybridized carbons (Fsp3) is 0.417. The van der Waals surface area contributed by atoms with Crippen LogP contribution in [0.5, 0.6) is 11.5 Å². The summed E-state index contributed by atoms with van der Waals surface area (Å²) in [6.07, 6.45) is 1.75. The van der Waals surface area contributed by atoms with Crippen molar-refractivity contribution in [2.24, 2.45) is 0 Å². The number of benzene rings is 1. The molecule has 16 heavy (non-hydrogen) atoms. The van der Waals surface area contributed by atoms with Crippen LogP contribution in [0.3, 0.4) is 0 Å². The Balaban J connectivity index is 2.43. The molecule has 0 atom stereocenters. The van der Waals surface area contributed by atoms with Crippen LogP contribution in [0.15, 0.2) is 12.1 Å². The number of esters is 1. The Bertz CT molecular complexity index is 412. The van der Waals surface area contributed by atoms with Crippen LogP contribution in [0.4, 0.5) is 0 Å². The van der Waals surface area contributed by atoms with E-state index in [4.69, 9.17) is 14.6 Å². The molecule has 0 spiro atoms. The lowest BCUT2D eigenvalue weighted by Gasteiger charge is -2.20. The third kappa shape index (κ3) is 2.17. The highest BCUT2D eigenvalue weighted by molar-refractivity contribution is 5.70. The molecule has 86 valence electrons. The Labute approximate surface area is 93.8 Å².